The van der Waals surface area contributed by atoms with Gasteiger partial charge in [-0.3, -0.25) is 0 Å². The van der Waals surface area contributed by atoms with Crippen molar-refractivity contribution in [3.05, 3.63) is 0 Å². The average molecular weight is 230 g/mol. The van der Waals surface area contributed by atoms with Gasteiger partial charge in [0.1, 0.15) is 0 Å². The molecule has 4 heteroatoms. The summed E-state index contributed by atoms with van der Waals surface area (Å²) in [4.78, 5) is 2.24. The summed E-state index contributed by atoms with van der Waals surface area (Å²) in [7, 11) is 0. The van der Waals surface area contributed by atoms with Crippen molar-refractivity contribution >= 4 is 17.3 Å². The van der Waals surface area contributed by atoms with Crippen LogP contribution in [0.1, 0.15) is 33.6 Å². The van der Waals surface area contributed by atoms with E-state index in [0.29, 0.717) is 0 Å². The van der Waals surface area contributed by atoms with Crippen molar-refractivity contribution in [2.75, 3.05) is 26.3 Å². The fraction of sp³-hybridized carbons (Fsp3) is 0.909. The molecule has 88 valence electrons. The topological polar surface area (TPSA) is 24.5 Å². The molecule has 0 aromatic carbocycles. The molecule has 0 radical (unpaired) electrons. The van der Waals surface area contributed by atoms with Crippen LogP contribution in [-0.2, 0) is 4.74 Å². The largest absolute Gasteiger partial charge is 0.377 e. The first-order valence-corrected chi connectivity index (χ1v) is 6.12. The number of hydrogen-bond donors (Lipinski definition) is 1. The molecule has 0 aliphatic carbocycles. The van der Waals surface area contributed by atoms with Crippen molar-refractivity contribution < 1.29 is 4.74 Å². The number of nitrogens with one attached hydrogen (secondary N) is 1. The maximum atomic E-state index is 5.46. The van der Waals surface area contributed by atoms with Crippen molar-refractivity contribution in [1.29, 1.82) is 0 Å². The van der Waals surface area contributed by atoms with Crippen molar-refractivity contribution in [2.24, 2.45) is 0 Å². The minimum atomic E-state index is 0.0224. The highest BCUT2D eigenvalue weighted by Crippen LogP contribution is 2.18. The Bertz CT molecular complexity index is 219. The molecule has 1 saturated heterocycles. The van der Waals surface area contributed by atoms with E-state index in [-0.39, 0.29) is 5.54 Å². The molecule has 0 saturated carbocycles. The molecule has 0 unspecified atom stereocenters. The zero-order chi connectivity index (χ0) is 11.3. The van der Waals surface area contributed by atoms with Gasteiger partial charge in [0, 0.05) is 13.1 Å². The molecule has 0 spiro atoms. The van der Waals surface area contributed by atoms with Gasteiger partial charge >= 0.3 is 0 Å². The lowest BCUT2D eigenvalue weighted by Crippen LogP contribution is -2.58. The van der Waals surface area contributed by atoms with Crippen LogP contribution in [0.5, 0.6) is 0 Å². The Hall–Kier alpha value is -0.350. The second kappa shape index (κ2) is 5.66. The minimum Gasteiger partial charge on any atom is -0.377 e. The predicted molar refractivity (Wildman–Crippen MR) is 67.1 cm³/mol. The van der Waals surface area contributed by atoms with E-state index in [4.69, 9.17) is 17.0 Å². The van der Waals surface area contributed by atoms with Gasteiger partial charge in [0.25, 0.3) is 0 Å². The van der Waals surface area contributed by atoms with Gasteiger partial charge in [-0.15, -0.1) is 0 Å². The number of thiocarbonyl (C=S) groups is 1. The third-order valence-corrected chi connectivity index (χ3v) is 3.06. The summed E-state index contributed by atoms with van der Waals surface area (Å²) < 4.78 is 5.46. The van der Waals surface area contributed by atoms with E-state index >= 15 is 0 Å². The second-order valence-electron chi connectivity index (χ2n) is 4.60. The summed E-state index contributed by atoms with van der Waals surface area (Å²) in [5, 5.41) is 4.18. The number of unbranched alkanes of at least 4 members (excludes halogenated alkanes) is 1. The fourth-order valence-corrected chi connectivity index (χ4v) is 2.14. The lowest BCUT2D eigenvalue weighted by molar-refractivity contribution is -0.0152. The van der Waals surface area contributed by atoms with Crippen LogP contribution < -0.4 is 5.32 Å². The van der Waals surface area contributed by atoms with Gasteiger partial charge in [-0.2, -0.15) is 0 Å². The Morgan fingerprint density at radius 3 is 2.87 bits per heavy atom. The Morgan fingerprint density at radius 2 is 2.27 bits per heavy atom. The van der Waals surface area contributed by atoms with E-state index in [1.807, 2.05) is 0 Å². The third-order valence-electron chi connectivity index (χ3n) is 2.70. The van der Waals surface area contributed by atoms with Gasteiger partial charge in [-0.05, 0) is 32.5 Å². The van der Waals surface area contributed by atoms with Crippen LogP contribution in [0.25, 0.3) is 0 Å². The first-order chi connectivity index (χ1) is 7.08. The Labute approximate surface area is 98.2 Å². The lowest BCUT2D eigenvalue weighted by Gasteiger charge is -2.43. The van der Waals surface area contributed by atoms with Gasteiger partial charge in [0.05, 0.1) is 18.8 Å². The molecule has 1 N–H and O–H groups in total. The second-order valence-corrected chi connectivity index (χ2v) is 4.99. The number of nitrogens with zero attached hydrogens (tertiary/aromatic N) is 1. The molecular weight excluding hydrogens is 208 g/mol. The summed E-state index contributed by atoms with van der Waals surface area (Å²) in [6.45, 7) is 9.92. The van der Waals surface area contributed by atoms with E-state index in [9.17, 15) is 0 Å². The van der Waals surface area contributed by atoms with E-state index in [0.717, 1.165) is 31.4 Å². The highest BCUT2D eigenvalue weighted by atomic mass is 32.1. The Balaban J connectivity index is 2.42. The normalized spacial score (nSPS) is 20.1. The maximum Gasteiger partial charge on any atom is 0.169 e. The van der Waals surface area contributed by atoms with Gasteiger partial charge < -0.3 is 15.0 Å². The van der Waals surface area contributed by atoms with Crippen LogP contribution in [0.15, 0.2) is 0 Å². The minimum absolute atomic E-state index is 0.0224. The van der Waals surface area contributed by atoms with E-state index in [2.05, 4.69) is 31.0 Å². The predicted octanol–water partition coefficient (Wildman–Crippen LogP) is 1.77. The van der Waals surface area contributed by atoms with E-state index in [1.165, 1.54) is 12.8 Å². The first kappa shape index (κ1) is 12.7. The maximum absolute atomic E-state index is 5.46. The van der Waals surface area contributed by atoms with Crippen LogP contribution >= 0.6 is 12.2 Å². The van der Waals surface area contributed by atoms with Crippen molar-refractivity contribution in [3.63, 3.8) is 0 Å². The van der Waals surface area contributed by atoms with Crippen LogP contribution in [0.2, 0.25) is 0 Å². The zero-order valence-corrected chi connectivity index (χ0v) is 10.8. The molecule has 1 fully saturated rings. The number of rotatable bonds is 3. The van der Waals surface area contributed by atoms with Gasteiger partial charge in [-0.25, -0.2) is 0 Å². The van der Waals surface area contributed by atoms with Gasteiger partial charge in [0.15, 0.2) is 5.11 Å². The van der Waals surface area contributed by atoms with Crippen molar-refractivity contribution in [3.8, 4) is 0 Å². The third kappa shape index (κ3) is 3.61. The first-order valence-electron chi connectivity index (χ1n) is 5.71. The molecule has 1 rings (SSSR count). The Kier molecular flexibility index (Phi) is 4.80. The summed E-state index contributed by atoms with van der Waals surface area (Å²) >= 11 is 5.40. The van der Waals surface area contributed by atoms with Crippen LogP contribution in [0, 0.1) is 0 Å². The van der Waals surface area contributed by atoms with Crippen LogP contribution in [0.3, 0.4) is 0 Å². The fourth-order valence-electron chi connectivity index (χ4n) is 1.70. The molecule has 3 nitrogen and oxygen atoms in total. The molecule has 15 heavy (non-hydrogen) atoms. The van der Waals surface area contributed by atoms with Crippen molar-refractivity contribution in [2.45, 2.75) is 39.2 Å². The molecule has 0 bridgehead atoms. The number of ether oxygens (including phenoxy) is 1. The molecule has 0 aromatic rings. The molecule has 1 aliphatic heterocycles. The summed E-state index contributed by atoms with van der Waals surface area (Å²) in [6, 6.07) is 0. The SMILES string of the molecule is CCCCNC(=S)N1CCOCC1(C)C. The Morgan fingerprint density at radius 1 is 1.53 bits per heavy atom. The monoisotopic (exact) mass is 230 g/mol. The van der Waals surface area contributed by atoms with Crippen molar-refractivity contribution in [1.82, 2.24) is 10.2 Å². The molecule has 0 aromatic heterocycles. The van der Waals surface area contributed by atoms with Gasteiger partial charge in [0.2, 0.25) is 0 Å². The lowest BCUT2D eigenvalue weighted by atomic mass is 10.0. The number of morpholine rings is 1. The average Bonchev–Trinajstić information content (AvgIpc) is 2.17. The van der Waals surface area contributed by atoms with Crippen LogP contribution in [-0.4, -0.2) is 41.9 Å². The summed E-state index contributed by atoms with van der Waals surface area (Å²) in [6.07, 6.45) is 2.37. The van der Waals surface area contributed by atoms with Gasteiger partial charge in [-0.1, -0.05) is 13.3 Å². The standard InChI is InChI=1S/C11H22N2OS/c1-4-5-6-12-10(15)13-7-8-14-9-11(13,2)3/h4-9H2,1-3H3,(H,12,15). The van der Waals surface area contributed by atoms with E-state index < -0.39 is 0 Å². The summed E-state index contributed by atoms with van der Waals surface area (Å²) in [5.41, 5.74) is 0.0224. The molecule has 0 atom stereocenters. The van der Waals surface area contributed by atoms with E-state index in [1.54, 1.807) is 0 Å². The summed E-state index contributed by atoms with van der Waals surface area (Å²) in [5.74, 6) is 0. The molecule has 1 aliphatic rings. The highest BCUT2D eigenvalue weighted by Gasteiger charge is 2.31. The quantitative estimate of drug-likeness (QED) is 0.590. The highest BCUT2D eigenvalue weighted by molar-refractivity contribution is 7.80. The molecular formula is C11H22N2OS. The molecule has 0 amide bonds. The zero-order valence-electron chi connectivity index (χ0n) is 10.0. The molecule has 1 heterocycles. The smallest absolute Gasteiger partial charge is 0.169 e. The number of hydrogen-bond acceptors (Lipinski definition) is 2. The van der Waals surface area contributed by atoms with Crippen LogP contribution in [0.4, 0.5) is 0 Å².